The fourth-order valence-corrected chi connectivity index (χ4v) is 1.20. The number of hydrogen-bond donors (Lipinski definition) is 1. The van der Waals surface area contributed by atoms with E-state index in [-0.39, 0.29) is 11.9 Å². The minimum absolute atomic E-state index is 0.157. The van der Waals surface area contributed by atoms with Crippen LogP contribution in [-0.2, 0) is 14.3 Å². The summed E-state index contributed by atoms with van der Waals surface area (Å²) >= 11 is 5.46. The lowest BCUT2D eigenvalue weighted by Crippen LogP contribution is -2.41. The molecule has 0 aliphatic rings. The van der Waals surface area contributed by atoms with Crippen LogP contribution in [0.4, 0.5) is 0 Å². The van der Waals surface area contributed by atoms with Crippen molar-refractivity contribution in [1.29, 1.82) is 0 Å². The van der Waals surface area contributed by atoms with Crippen molar-refractivity contribution in [2.24, 2.45) is 0 Å². The van der Waals surface area contributed by atoms with Gasteiger partial charge < -0.3 is 10.1 Å². The van der Waals surface area contributed by atoms with E-state index in [4.69, 9.17) is 16.3 Å². The number of nitrogens with one attached hydrogen (secondary N) is 1. The molecule has 1 unspecified atom stereocenters. The molecule has 1 atom stereocenters. The van der Waals surface area contributed by atoms with E-state index >= 15 is 0 Å². The molecule has 0 radical (unpaired) electrons. The largest absolute Gasteiger partial charge is 0.464 e. The van der Waals surface area contributed by atoms with Gasteiger partial charge >= 0.3 is 5.97 Å². The first-order chi connectivity index (χ1) is 7.15. The standard InChI is InChI=1S/C10H18ClNO3/c1-3-8(10(14)15-4-2)12-9(13)6-5-7-11/h8H,3-7H2,1-2H3,(H,12,13). The van der Waals surface area contributed by atoms with Gasteiger partial charge in [0.25, 0.3) is 0 Å². The second-order valence-electron chi connectivity index (χ2n) is 3.07. The molecule has 0 fully saturated rings. The van der Waals surface area contributed by atoms with Gasteiger partial charge in [-0.25, -0.2) is 4.79 Å². The summed E-state index contributed by atoms with van der Waals surface area (Å²) in [6.07, 6.45) is 1.50. The molecule has 0 aliphatic heterocycles. The number of rotatable bonds is 7. The van der Waals surface area contributed by atoms with Gasteiger partial charge in [-0.2, -0.15) is 0 Å². The fourth-order valence-electron chi connectivity index (χ4n) is 1.06. The molecule has 0 bridgehead atoms. The van der Waals surface area contributed by atoms with Crippen molar-refractivity contribution in [3.8, 4) is 0 Å². The molecule has 0 aliphatic carbocycles. The molecule has 0 rings (SSSR count). The smallest absolute Gasteiger partial charge is 0.328 e. The summed E-state index contributed by atoms with van der Waals surface area (Å²) < 4.78 is 4.82. The molecule has 5 heteroatoms. The first kappa shape index (κ1) is 14.2. The molecule has 0 aromatic rings. The van der Waals surface area contributed by atoms with E-state index in [9.17, 15) is 9.59 Å². The number of amides is 1. The monoisotopic (exact) mass is 235 g/mol. The third-order valence-electron chi connectivity index (χ3n) is 1.85. The third kappa shape index (κ3) is 6.33. The van der Waals surface area contributed by atoms with Crippen LogP contribution in [0.1, 0.15) is 33.1 Å². The summed E-state index contributed by atoms with van der Waals surface area (Å²) in [5, 5.41) is 2.61. The summed E-state index contributed by atoms with van der Waals surface area (Å²) in [5.74, 6) is -0.0846. The van der Waals surface area contributed by atoms with Crippen LogP contribution in [0.3, 0.4) is 0 Å². The molecule has 88 valence electrons. The molecule has 15 heavy (non-hydrogen) atoms. The Morgan fingerprint density at radius 3 is 2.53 bits per heavy atom. The van der Waals surface area contributed by atoms with Crippen LogP contribution in [-0.4, -0.2) is 30.4 Å². The summed E-state index contributed by atoms with van der Waals surface area (Å²) in [6, 6.07) is -0.534. The first-order valence-electron chi connectivity index (χ1n) is 5.17. The van der Waals surface area contributed by atoms with E-state index in [0.717, 1.165) is 0 Å². The molecular formula is C10H18ClNO3. The van der Waals surface area contributed by atoms with Gasteiger partial charge in [0.15, 0.2) is 0 Å². The number of esters is 1. The zero-order chi connectivity index (χ0) is 11.7. The lowest BCUT2D eigenvalue weighted by Gasteiger charge is -2.15. The van der Waals surface area contributed by atoms with E-state index in [1.165, 1.54) is 0 Å². The van der Waals surface area contributed by atoms with Crippen LogP contribution in [0.5, 0.6) is 0 Å². The van der Waals surface area contributed by atoms with Crippen LogP contribution in [0.25, 0.3) is 0 Å². The van der Waals surface area contributed by atoms with E-state index in [2.05, 4.69) is 5.32 Å². The Morgan fingerprint density at radius 2 is 2.07 bits per heavy atom. The van der Waals surface area contributed by atoms with Crippen LogP contribution in [0, 0.1) is 0 Å². The molecule has 1 amide bonds. The lowest BCUT2D eigenvalue weighted by molar-refractivity contribution is -0.147. The second-order valence-corrected chi connectivity index (χ2v) is 3.45. The van der Waals surface area contributed by atoms with Gasteiger partial charge in [0.2, 0.25) is 5.91 Å². The van der Waals surface area contributed by atoms with Crippen LogP contribution >= 0.6 is 11.6 Å². The summed E-state index contributed by atoms with van der Waals surface area (Å²) in [5.41, 5.74) is 0. The van der Waals surface area contributed by atoms with E-state index in [0.29, 0.717) is 31.7 Å². The van der Waals surface area contributed by atoms with Crippen molar-refractivity contribution in [3.63, 3.8) is 0 Å². The molecule has 0 heterocycles. The van der Waals surface area contributed by atoms with Gasteiger partial charge in [-0.1, -0.05) is 6.92 Å². The highest BCUT2D eigenvalue weighted by Gasteiger charge is 2.19. The number of alkyl halides is 1. The zero-order valence-electron chi connectivity index (χ0n) is 9.22. The maximum absolute atomic E-state index is 11.3. The number of carbonyl (C=O) groups excluding carboxylic acids is 2. The maximum atomic E-state index is 11.3. The van der Waals surface area contributed by atoms with Crippen molar-refractivity contribution in [2.45, 2.75) is 39.2 Å². The van der Waals surface area contributed by atoms with Crippen molar-refractivity contribution in [1.82, 2.24) is 5.32 Å². The molecular weight excluding hydrogens is 218 g/mol. The number of carbonyl (C=O) groups is 2. The average Bonchev–Trinajstić information content (AvgIpc) is 2.23. The predicted molar refractivity (Wildman–Crippen MR) is 58.8 cm³/mol. The highest BCUT2D eigenvalue weighted by Crippen LogP contribution is 1.98. The summed E-state index contributed by atoms with van der Waals surface area (Å²) in [4.78, 5) is 22.6. The molecule has 4 nitrogen and oxygen atoms in total. The molecule has 0 aromatic heterocycles. The van der Waals surface area contributed by atoms with E-state index in [1.54, 1.807) is 6.92 Å². The van der Waals surface area contributed by atoms with Gasteiger partial charge in [0.1, 0.15) is 6.04 Å². The highest BCUT2D eigenvalue weighted by molar-refractivity contribution is 6.17. The molecule has 0 spiro atoms. The van der Waals surface area contributed by atoms with E-state index < -0.39 is 6.04 Å². The zero-order valence-corrected chi connectivity index (χ0v) is 9.97. The van der Waals surface area contributed by atoms with E-state index in [1.807, 2.05) is 6.92 Å². The minimum atomic E-state index is -0.534. The van der Waals surface area contributed by atoms with Crippen molar-refractivity contribution in [3.05, 3.63) is 0 Å². The Hall–Kier alpha value is -0.770. The Kier molecular flexibility index (Phi) is 8.09. The van der Waals surface area contributed by atoms with Gasteiger partial charge in [0, 0.05) is 12.3 Å². The average molecular weight is 236 g/mol. The van der Waals surface area contributed by atoms with Gasteiger partial charge in [0.05, 0.1) is 6.61 Å². The van der Waals surface area contributed by atoms with Crippen LogP contribution < -0.4 is 5.32 Å². The van der Waals surface area contributed by atoms with Crippen molar-refractivity contribution < 1.29 is 14.3 Å². The van der Waals surface area contributed by atoms with Crippen molar-refractivity contribution in [2.75, 3.05) is 12.5 Å². The maximum Gasteiger partial charge on any atom is 0.328 e. The minimum Gasteiger partial charge on any atom is -0.464 e. The molecule has 1 N–H and O–H groups in total. The summed E-state index contributed by atoms with van der Waals surface area (Å²) in [7, 11) is 0. The number of ether oxygens (including phenoxy) is 1. The number of hydrogen-bond acceptors (Lipinski definition) is 3. The molecule has 0 saturated heterocycles. The topological polar surface area (TPSA) is 55.4 Å². The van der Waals surface area contributed by atoms with Gasteiger partial charge in [-0.15, -0.1) is 11.6 Å². The Labute approximate surface area is 95.3 Å². The third-order valence-corrected chi connectivity index (χ3v) is 2.12. The van der Waals surface area contributed by atoms with Gasteiger partial charge in [-0.05, 0) is 19.8 Å². The summed E-state index contributed by atoms with van der Waals surface area (Å²) in [6.45, 7) is 3.89. The van der Waals surface area contributed by atoms with Crippen LogP contribution in [0.15, 0.2) is 0 Å². The SMILES string of the molecule is CCOC(=O)C(CC)NC(=O)CCCCl. The Morgan fingerprint density at radius 1 is 1.40 bits per heavy atom. The van der Waals surface area contributed by atoms with Gasteiger partial charge in [-0.3, -0.25) is 4.79 Å². The Balaban J connectivity index is 3.97. The van der Waals surface area contributed by atoms with Crippen molar-refractivity contribution >= 4 is 23.5 Å². The highest BCUT2D eigenvalue weighted by atomic mass is 35.5. The molecule has 0 aromatic carbocycles. The normalized spacial score (nSPS) is 11.9. The fraction of sp³-hybridized carbons (Fsp3) is 0.800. The molecule has 0 saturated carbocycles. The lowest BCUT2D eigenvalue weighted by atomic mass is 10.2. The Bertz CT molecular complexity index is 209. The quantitative estimate of drug-likeness (QED) is 0.537. The first-order valence-corrected chi connectivity index (χ1v) is 5.71. The number of halogens is 1. The van der Waals surface area contributed by atoms with Crippen LogP contribution in [0.2, 0.25) is 0 Å². The second kappa shape index (κ2) is 8.53. The predicted octanol–water partition coefficient (Wildman–Crippen LogP) is 1.46.